The van der Waals surface area contributed by atoms with E-state index in [1.807, 2.05) is 4.90 Å². The van der Waals surface area contributed by atoms with Crippen LogP contribution in [0.5, 0.6) is 0 Å². The molecule has 0 radical (unpaired) electrons. The van der Waals surface area contributed by atoms with Crippen LogP contribution in [0.15, 0.2) is 18.2 Å². The zero-order valence-electron chi connectivity index (χ0n) is 11.6. The number of nitrogens with zero attached hydrogens (tertiary/aromatic N) is 1. The molecule has 1 saturated heterocycles. The van der Waals surface area contributed by atoms with E-state index in [1.54, 1.807) is 18.2 Å². The van der Waals surface area contributed by atoms with Crippen LogP contribution in [0, 0.1) is 5.41 Å². The lowest BCUT2D eigenvalue weighted by molar-refractivity contribution is 0.0770. The molecule has 4 heteroatoms. The highest BCUT2D eigenvalue weighted by Gasteiger charge is 2.37. The molecule has 1 fully saturated rings. The monoisotopic (exact) mass is 280 g/mol. The van der Waals surface area contributed by atoms with Gasteiger partial charge in [0, 0.05) is 13.1 Å². The van der Waals surface area contributed by atoms with Gasteiger partial charge in [0.1, 0.15) is 0 Å². The summed E-state index contributed by atoms with van der Waals surface area (Å²) < 4.78 is 0. The Hall–Kier alpha value is -1.22. The predicted molar refractivity (Wildman–Crippen MR) is 79.4 cm³/mol. The molecule has 2 N–H and O–H groups in total. The second kappa shape index (κ2) is 5.41. The van der Waals surface area contributed by atoms with Gasteiger partial charge in [0.15, 0.2) is 0 Å². The molecule has 1 aliphatic rings. The SMILES string of the molecule is CCC1(CC)CCN(C(=O)c2cccc(N)c2Cl)C1. The van der Waals surface area contributed by atoms with E-state index in [-0.39, 0.29) is 11.3 Å². The molecular weight excluding hydrogens is 260 g/mol. The summed E-state index contributed by atoms with van der Waals surface area (Å²) in [6.45, 7) is 6.03. The molecule has 104 valence electrons. The molecule has 0 unspecified atom stereocenters. The van der Waals surface area contributed by atoms with Crippen molar-refractivity contribution in [2.24, 2.45) is 5.41 Å². The highest BCUT2D eigenvalue weighted by Crippen LogP contribution is 2.38. The molecule has 3 nitrogen and oxygen atoms in total. The first-order valence-electron chi connectivity index (χ1n) is 6.86. The van der Waals surface area contributed by atoms with Crippen LogP contribution in [-0.4, -0.2) is 23.9 Å². The van der Waals surface area contributed by atoms with Gasteiger partial charge in [-0.1, -0.05) is 31.5 Å². The summed E-state index contributed by atoms with van der Waals surface area (Å²) in [4.78, 5) is 14.4. The zero-order valence-corrected chi connectivity index (χ0v) is 12.3. The maximum Gasteiger partial charge on any atom is 0.255 e. The van der Waals surface area contributed by atoms with Crippen LogP contribution in [0.2, 0.25) is 5.02 Å². The Morgan fingerprint density at radius 1 is 1.42 bits per heavy atom. The number of rotatable bonds is 3. The first-order valence-corrected chi connectivity index (χ1v) is 7.24. The van der Waals surface area contributed by atoms with Crippen molar-refractivity contribution in [3.63, 3.8) is 0 Å². The summed E-state index contributed by atoms with van der Waals surface area (Å²) in [5.74, 6) is 0.000995. The smallest absolute Gasteiger partial charge is 0.255 e. The first kappa shape index (κ1) is 14.2. The highest BCUT2D eigenvalue weighted by atomic mass is 35.5. The maximum atomic E-state index is 12.5. The Morgan fingerprint density at radius 2 is 2.11 bits per heavy atom. The molecule has 0 spiro atoms. The molecule has 1 amide bonds. The minimum absolute atomic E-state index is 0.000995. The first-order chi connectivity index (χ1) is 9.03. The van der Waals surface area contributed by atoms with E-state index >= 15 is 0 Å². The van der Waals surface area contributed by atoms with Crippen molar-refractivity contribution in [2.45, 2.75) is 33.1 Å². The topological polar surface area (TPSA) is 46.3 Å². The van der Waals surface area contributed by atoms with Crippen LogP contribution in [0.4, 0.5) is 5.69 Å². The standard InChI is InChI=1S/C15H21ClN2O/c1-3-15(4-2)8-9-18(10-15)14(19)11-6-5-7-12(17)13(11)16/h5-7H,3-4,8-10,17H2,1-2H3. The van der Waals surface area contributed by atoms with Gasteiger partial charge in [0.2, 0.25) is 0 Å². The lowest BCUT2D eigenvalue weighted by Crippen LogP contribution is -2.32. The largest absolute Gasteiger partial charge is 0.398 e. The van der Waals surface area contributed by atoms with Gasteiger partial charge in [-0.25, -0.2) is 0 Å². The van der Waals surface area contributed by atoms with Crippen molar-refractivity contribution in [1.29, 1.82) is 0 Å². The molecule has 0 saturated carbocycles. The summed E-state index contributed by atoms with van der Waals surface area (Å²) in [5, 5.41) is 0.373. The number of amides is 1. The molecule has 1 aromatic carbocycles. The number of likely N-dealkylation sites (tertiary alicyclic amines) is 1. The van der Waals surface area contributed by atoms with Crippen molar-refractivity contribution >= 4 is 23.2 Å². The van der Waals surface area contributed by atoms with Crippen LogP contribution in [0.3, 0.4) is 0 Å². The number of nitrogen functional groups attached to an aromatic ring is 1. The van der Waals surface area contributed by atoms with Crippen molar-refractivity contribution in [3.05, 3.63) is 28.8 Å². The average Bonchev–Trinajstić information content (AvgIpc) is 2.86. The Bertz CT molecular complexity index is 483. The van der Waals surface area contributed by atoms with Crippen LogP contribution in [0.1, 0.15) is 43.5 Å². The van der Waals surface area contributed by atoms with Crippen LogP contribution in [0.25, 0.3) is 0 Å². The van der Waals surface area contributed by atoms with Crippen molar-refractivity contribution < 1.29 is 4.79 Å². The third-order valence-corrected chi connectivity index (χ3v) is 4.91. The summed E-state index contributed by atoms with van der Waals surface area (Å²) in [6, 6.07) is 5.24. The van der Waals surface area contributed by atoms with Gasteiger partial charge in [0.05, 0.1) is 16.3 Å². The molecule has 0 atom stereocenters. The van der Waals surface area contributed by atoms with Gasteiger partial charge >= 0.3 is 0 Å². The molecule has 0 aromatic heterocycles. The van der Waals surface area contributed by atoms with Crippen LogP contribution < -0.4 is 5.73 Å². The fourth-order valence-corrected chi connectivity index (χ4v) is 3.03. The second-order valence-corrected chi connectivity index (χ2v) is 5.77. The molecular formula is C15H21ClN2O. The normalized spacial score (nSPS) is 17.7. The third kappa shape index (κ3) is 2.57. The van der Waals surface area contributed by atoms with Crippen molar-refractivity contribution in [1.82, 2.24) is 4.90 Å². The van der Waals surface area contributed by atoms with Gasteiger partial charge in [-0.3, -0.25) is 4.79 Å². The van der Waals surface area contributed by atoms with Gasteiger partial charge < -0.3 is 10.6 Å². The number of carbonyl (C=O) groups excluding carboxylic acids is 1. The molecule has 1 aromatic rings. The maximum absolute atomic E-state index is 12.5. The molecule has 2 rings (SSSR count). The minimum Gasteiger partial charge on any atom is -0.398 e. The third-order valence-electron chi connectivity index (χ3n) is 4.48. The predicted octanol–water partition coefficient (Wildman–Crippen LogP) is 3.57. The fraction of sp³-hybridized carbons (Fsp3) is 0.533. The number of hydrogen-bond acceptors (Lipinski definition) is 2. The lowest BCUT2D eigenvalue weighted by Gasteiger charge is -2.26. The zero-order chi connectivity index (χ0) is 14.0. The number of anilines is 1. The number of nitrogens with two attached hydrogens (primary N) is 1. The van der Waals surface area contributed by atoms with E-state index in [0.717, 1.165) is 32.4 Å². The highest BCUT2D eigenvalue weighted by molar-refractivity contribution is 6.36. The Kier molecular flexibility index (Phi) is 4.04. The summed E-state index contributed by atoms with van der Waals surface area (Å²) in [5.41, 5.74) is 7.02. The van der Waals surface area contributed by atoms with Gasteiger partial charge in [-0.15, -0.1) is 0 Å². The molecule has 0 bridgehead atoms. The molecule has 1 aliphatic heterocycles. The summed E-state index contributed by atoms with van der Waals surface area (Å²) >= 11 is 6.13. The van der Waals surface area contributed by atoms with Gasteiger partial charge in [-0.2, -0.15) is 0 Å². The number of halogens is 1. The van der Waals surface area contributed by atoms with Crippen LogP contribution >= 0.6 is 11.6 Å². The Balaban J connectivity index is 2.20. The minimum atomic E-state index is 0.000995. The fourth-order valence-electron chi connectivity index (χ4n) is 2.82. The quantitative estimate of drug-likeness (QED) is 0.860. The number of benzene rings is 1. The second-order valence-electron chi connectivity index (χ2n) is 5.39. The lowest BCUT2D eigenvalue weighted by atomic mass is 9.82. The van der Waals surface area contributed by atoms with Gasteiger partial charge in [0.25, 0.3) is 5.91 Å². The molecule has 1 heterocycles. The van der Waals surface area contributed by atoms with Crippen LogP contribution in [-0.2, 0) is 0 Å². The Labute approximate surface area is 119 Å². The number of hydrogen-bond donors (Lipinski definition) is 1. The van der Waals surface area contributed by atoms with E-state index < -0.39 is 0 Å². The average molecular weight is 281 g/mol. The van der Waals surface area contributed by atoms with E-state index in [2.05, 4.69) is 13.8 Å². The Morgan fingerprint density at radius 3 is 2.68 bits per heavy atom. The van der Waals surface area contributed by atoms with Crippen molar-refractivity contribution in [3.8, 4) is 0 Å². The summed E-state index contributed by atoms with van der Waals surface area (Å²) in [7, 11) is 0. The van der Waals surface area contributed by atoms with E-state index in [9.17, 15) is 4.79 Å². The number of carbonyl (C=O) groups is 1. The van der Waals surface area contributed by atoms with E-state index in [0.29, 0.717) is 16.3 Å². The van der Waals surface area contributed by atoms with E-state index in [4.69, 9.17) is 17.3 Å². The molecule has 19 heavy (non-hydrogen) atoms. The van der Waals surface area contributed by atoms with Crippen molar-refractivity contribution in [2.75, 3.05) is 18.8 Å². The van der Waals surface area contributed by atoms with E-state index in [1.165, 1.54) is 0 Å². The molecule has 0 aliphatic carbocycles. The van der Waals surface area contributed by atoms with Gasteiger partial charge in [-0.05, 0) is 36.8 Å². The summed E-state index contributed by atoms with van der Waals surface area (Å²) in [6.07, 6.45) is 3.29.